The minimum atomic E-state index is -0.0375. The summed E-state index contributed by atoms with van der Waals surface area (Å²) in [6, 6.07) is 5.63. The van der Waals surface area contributed by atoms with Crippen LogP contribution in [-0.4, -0.2) is 11.4 Å². The number of carbonyl (C=O) groups excluding carboxylic acids is 1. The molecule has 0 radical (unpaired) electrons. The average Bonchev–Trinajstić information content (AvgIpc) is 2.33. The van der Waals surface area contributed by atoms with Crippen LogP contribution < -0.4 is 16.6 Å². The number of nitrogens with two attached hydrogens (primary N) is 1. The van der Waals surface area contributed by atoms with Gasteiger partial charge in [0.1, 0.15) is 0 Å². The van der Waals surface area contributed by atoms with Gasteiger partial charge in [0.05, 0.1) is 11.3 Å². The lowest BCUT2D eigenvalue weighted by atomic mass is 9.74. The van der Waals surface area contributed by atoms with E-state index in [2.05, 4.69) is 17.7 Å². The highest BCUT2D eigenvalue weighted by atomic mass is 16.1. The van der Waals surface area contributed by atoms with E-state index < -0.39 is 0 Å². The molecule has 98 valence electrons. The average molecular weight is 247 g/mol. The minimum Gasteiger partial charge on any atom is -0.347 e. The number of nitrogens with one attached hydrogen (secondary N) is 2. The van der Waals surface area contributed by atoms with E-state index in [1.165, 1.54) is 6.42 Å². The molecule has 0 saturated heterocycles. The number of anilines is 1. The fourth-order valence-electron chi connectivity index (χ4n) is 2.45. The second-order valence-electron chi connectivity index (χ2n) is 5.13. The molecule has 0 spiro atoms. The van der Waals surface area contributed by atoms with Crippen LogP contribution in [0, 0.1) is 6.92 Å². The van der Waals surface area contributed by atoms with Crippen LogP contribution in [0.3, 0.4) is 0 Å². The molecule has 0 heterocycles. The molecule has 0 aromatic heterocycles. The van der Waals surface area contributed by atoms with Gasteiger partial charge >= 0.3 is 0 Å². The molecule has 1 aliphatic rings. The van der Waals surface area contributed by atoms with E-state index in [1.807, 2.05) is 25.1 Å². The van der Waals surface area contributed by atoms with Crippen LogP contribution in [0.4, 0.5) is 5.69 Å². The summed E-state index contributed by atoms with van der Waals surface area (Å²) in [5, 5.41) is 3.16. The van der Waals surface area contributed by atoms with E-state index in [-0.39, 0.29) is 11.4 Å². The quantitative estimate of drug-likeness (QED) is 0.565. The Morgan fingerprint density at radius 1 is 1.44 bits per heavy atom. The molecule has 1 aromatic carbocycles. The molecule has 18 heavy (non-hydrogen) atoms. The van der Waals surface area contributed by atoms with E-state index in [1.54, 1.807) is 0 Å². The van der Waals surface area contributed by atoms with Crippen molar-refractivity contribution in [3.63, 3.8) is 0 Å². The van der Waals surface area contributed by atoms with Crippen LogP contribution in [0.2, 0.25) is 0 Å². The van der Waals surface area contributed by atoms with Crippen molar-refractivity contribution in [3.8, 4) is 0 Å². The van der Waals surface area contributed by atoms with Gasteiger partial charge in [0.25, 0.3) is 5.91 Å². The highest BCUT2D eigenvalue weighted by molar-refractivity contribution is 6.00. The first-order chi connectivity index (χ1) is 8.60. The van der Waals surface area contributed by atoms with Gasteiger partial charge in [-0.25, -0.2) is 0 Å². The predicted molar refractivity (Wildman–Crippen MR) is 73.3 cm³/mol. The molecule has 0 atom stereocenters. The largest absolute Gasteiger partial charge is 0.347 e. The van der Waals surface area contributed by atoms with Crippen LogP contribution in [0.15, 0.2) is 18.2 Å². The van der Waals surface area contributed by atoms with Crippen LogP contribution >= 0.6 is 0 Å². The van der Waals surface area contributed by atoms with E-state index in [9.17, 15) is 4.79 Å². The van der Waals surface area contributed by atoms with Crippen molar-refractivity contribution in [2.45, 2.75) is 45.1 Å². The third-order valence-electron chi connectivity index (χ3n) is 3.94. The number of hydrogen-bond acceptors (Lipinski definition) is 3. The number of amides is 1. The van der Waals surface area contributed by atoms with Crippen LogP contribution in [0.25, 0.3) is 0 Å². The molecule has 2 rings (SSSR count). The third kappa shape index (κ3) is 2.34. The van der Waals surface area contributed by atoms with Crippen molar-refractivity contribution in [1.82, 2.24) is 5.32 Å². The number of hydrogen-bond donors (Lipinski definition) is 3. The molecule has 1 fully saturated rings. The summed E-state index contributed by atoms with van der Waals surface area (Å²) in [6.45, 7) is 4.10. The van der Waals surface area contributed by atoms with Gasteiger partial charge in [-0.2, -0.15) is 0 Å². The topological polar surface area (TPSA) is 67.2 Å². The zero-order valence-electron chi connectivity index (χ0n) is 11.0. The maximum atomic E-state index is 12.3. The first kappa shape index (κ1) is 12.9. The van der Waals surface area contributed by atoms with E-state index in [0.29, 0.717) is 11.3 Å². The zero-order chi connectivity index (χ0) is 13.2. The summed E-state index contributed by atoms with van der Waals surface area (Å²) in [5.41, 5.74) is 4.97. The predicted octanol–water partition coefficient (Wildman–Crippen LogP) is 2.34. The lowest BCUT2D eigenvalue weighted by Gasteiger charge is -2.42. The van der Waals surface area contributed by atoms with Crippen molar-refractivity contribution in [1.29, 1.82) is 0 Å². The molecule has 0 aliphatic heterocycles. The summed E-state index contributed by atoms with van der Waals surface area (Å²) in [7, 11) is 0. The molecule has 1 aliphatic carbocycles. The van der Waals surface area contributed by atoms with Crippen LogP contribution in [0.1, 0.15) is 48.5 Å². The normalized spacial score (nSPS) is 16.8. The molecule has 0 unspecified atom stereocenters. The third-order valence-corrected chi connectivity index (χ3v) is 3.94. The lowest BCUT2D eigenvalue weighted by molar-refractivity contribution is 0.0821. The summed E-state index contributed by atoms with van der Waals surface area (Å²) >= 11 is 0. The zero-order valence-corrected chi connectivity index (χ0v) is 11.0. The number of nitrogen functional groups attached to an aromatic ring is 1. The Balaban J connectivity index is 2.18. The Hall–Kier alpha value is -1.55. The fourth-order valence-corrected chi connectivity index (χ4v) is 2.45. The van der Waals surface area contributed by atoms with Crippen LogP contribution in [-0.2, 0) is 0 Å². The summed E-state index contributed by atoms with van der Waals surface area (Å²) in [5.74, 6) is 5.43. The van der Waals surface area contributed by atoms with Crippen molar-refractivity contribution >= 4 is 11.6 Å². The van der Waals surface area contributed by atoms with E-state index in [0.717, 1.165) is 24.8 Å². The number of aryl methyl sites for hydroxylation is 1. The van der Waals surface area contributed by atoms with Gasteiger partial charge < -0.3 is 10.7 Å². The SMILES string of the molecule is CCC1(NC(=O)c2ccc(C)cc2NN)CCC1. The second kappa shape index (κ2) is 4.98. The summed E-state index contributed by atoms with van der Waals surface area (Å²) in [4.78, 5) is 12.3. The van der Waals surface area contributed by atoms with Gasteiger partial charge in [0, 0.05) is 5.54 Å². The maximum Gasteiger partial charge on any atom is 0.253 e. The van der Waals surface area contributed by atoms with Crippen molar-refractivity contribution < 1.29 is 4.79 Å². The second-order valence-corrected chi connectivity index (χ2v) is 5.13. The number of benzene rings is 1. The van der Waals surface area contributed by atoms with Crippen molar-refractivity contribution in [3.05, 3.63) is 29.3 Å². The molecular weight excluding hydrogens is 226 g/mol. The number of rotatable bonds is 4. The molecule has 1 amide bonds. The number of hydrazine groups is 1. The van der Waals surface area contributed by atoms with Crippen LogP contribution in [0.5, 0.6) is 0 Å². The summed E-state index contributed by atoms with van der Waals surface area (Å²) in [6.07, 6.45) is 4.33. The minimum absolute atomic E-state index is 0.00778. The monoisotopic (exact) mass is 247 g/mol. The Labute approximate surface area is 108 Å². The molecule has 1 saturated carbocycles. The Morgan fingerprint density at radius 3 is 2.67 bits per heavy atom. The molecular formula is C14H21N3O. The van der Waals surface area contributed by atoms with Gasteiger partial charge in [-0.1, -0.05) is 13.0 Å². The smallest absolute Gasteiger partial charge is 0.253 e. The van der Waals surface area contributed by atoms with Gasteiger partial charge in [0.2, 0.25) is 0 Å². The maximum absolute atomic E-state index is 12.3. The fraction of sp³-hybridized carbons (Fsp3) is 0.500. The van der Waals surface area contributed by atoms with Crippen molar-refractivity contribution in [2.75, 3.05) is 5.43 Å². The van der Waals surface area contributed by atoms with Gasteiger partial charge in [0.15, 0.2) is 0 Å². The van der Waals surface area contributed by atoms with E-state index in [4.69, 9.17) is 5.84 Å². The Morgan fingerprint density at radius 2 is 2.17 bits per heavy atom. The number of carbonyl (C=O) groups is 1. The Bertz CT molecular complexity index is 447. The first-order valence-electron chi connectivity index (χ1n) is 6.50. The lowest BCUT2D eigenvalue weighted by Crippen LogP contribution is -2.53. The molecule has 4 heteroatoms. The highest BCUT2D eigenvalue weighted by Crippen LogP contribution is 2.35. The van der Waals surface area contributed by atoms with E-state index >= 15 is 0 Å². The molecule has 4 N–H and O–H groups in total. The molecule has 1 aromatic rings. The summed E-state index contributed by atoms with van der Waals surface area (Å²) < 4.78 is 0. The molecule has 0 bridgehead atoms. The van der Waals surface area contributed by atoms with Gasteiger partial charge in [-0.3, -0.25) is 10.6 Å². The van der Waals surface area contributed by atoms with Gasteiger partial charge in [-0.15, -0.1) is 0 Å². The standard InChI is InChI=1S/C14H21N3O/c1-3-14(7-4-8-14)16-13(18)11-6-5-10(2)9-12(11)17-15/h5-6,9,17H,3-4,7-8,15H2,1-2H3,(H,16,18). The highest BCUT2D eigenvalue weighted by Gasteiger charge is 2.36. The van der Waals surface area contributed by atoms with Crippen molar-refractivity contribution in [2.24, 2.45) is 5.84 Å². The van der Waals surface area contributed by atoms with Gasteiger partial charge in [-0.05, 0) is 50.3 Å². The Kier molecular flexibility index (Phi) is 3.57. The molecule has 4 nitrogen and oxygen atoms in total. The first-order valence-corrected chi connectivity index (χ1v) is 6.50.